The van der Waals surface area contributed by atoms with Crippen molar-refractivity contribution in [1.29, 1.82) is 0 Å². The summed E-state index contributed by atoms with van der Waals surface area (Å²) in [5.41, 5.74) is 2.70. The molecule has 0 saturated heterocycles. The van der Waals surface area contributed by atoms with Gasteiger partial charge in [0.2, 0.25) is 11.2 Å². The molecule has 3 aromatic rings. The Kier molecular flexibility index (Phi) is 5.75. The summed E-state index contributed by atoms with van der Waals surface area (Å²) in [5.74, 6) is -0.337. The fraction of sp³-hybridized carbons (Fsp3) is 0.273. The summed E-state index contributed by atoms with van der Waals surface area (Å²) in [6.45, 7) is 7.33. The molecule has 1 heterocycles. The van der Waals surface area contributed by atoms with Gasteiger partial charge in [0.25, 0.3) is 0 Å². The number of aryl methyl sites for hydroxylation is 2. The standard InChI is InChI=1S/C22H21ClO5/c1-5-26-22(25)14(4)27-21-19(24)17-10-12(2)13(3)11-18(17)28-20(21)15-6-8-16(23)9-7-15/h6-11,14H,5H2,1-4H3/t14-/m0/s1. The highest BCUT2D eigenvalue weighted by Crippen LogP contribution is 2.33. The van der Waals surface area contributed by atoms with E-state index in [2.05, 4.69) is 0 Å². The minimum Gasteiger partial charge on any atom is -0.471 e. The van der Waals surface area contributed by atoms with Gasteiger partial charge in [0.1, 0.15) is 5.58 Å². The average molecular weight is 401 g/mol. The van der Waals surface area contributed by atoms with Gasteiger partial charge in [-0.2, -0.15) is 0 Å². The van der Waals surface area contributed by atoms with Gasteiger partial charge in [-0.3, -0.25) is 4.79 Å². The molecule has 0 fully saturated rings. The third-order valence-electron chi connectivity index (χ3n) is 4.48. The molecule has 6 heteroatoms. The first-order chi connectivity index (χ1) is 13.3. The minimum atomic E-state index is -0.960. The van der Waals surface area contributed by atoms with Crippen LogP contribution in [0.4, 0.5) is 0 Å². The lowest BCUT2D eigenvalue weighted by Gasteiger charge is -2.16. The fourth-order valence-corrected chi connectivity index (χ4v) is 2.94. The van der Waals surface area contributed by atoms with E-state index in [0.717, 1.165) is 11.1 Å². The molecule has 0 amide bonds. The van der Waals surface area contributed by atoms with Crippen molar-refractivity contribution in [2.75, 3.05) is 6.61 Å². The van der Waals surface area contributed by atoms with Crippen LogP contribution in [0.2, 0.25) is 5.02 Å². The van der Waals surface area contributed by atoms with E-state index >= 15 is 0 Å². The highest BCUT2D eigenvalue weighted by molar-refractivity contribution is 6.30. The van der Waals surface area contributed by atoms with E-state index < -0.39 is 12.1 Å². The molecule has 0 unspecified atom stereocenters. The van der Waals surface area contributed by atoms with Gasteiger partial charge < -0.3 is 13.9 Å². The molecule has 5 nitrogen and oxygen atoms in total. The van der Waals surface area contributed by atoms with Crippen molar-refractivity contribution in [3.8, 4) is 17.1 Å². The monoisotopic (exact) mass is 400 g/mol. The Hall–Kier alpha value is -2.79. The molecule has 2 aromatic carbocycles. The van der Waals surface area contributed by atoms with Crippen molar-refractivity contribution in [3.63, 3.8) is 0 Å². The summed E-state index contributed by atoms with van der Waals surface area (Å²) >= 11 is 5.98. The molecule has 146 valence electrons. The van der Waals surface area contributed by atoms with Crippen LogP contribution in [0.3, 0.4) is 0 Å². The summed E-state index contributed by atoms with van der Waals surface area (Å²) in [6.07, 6.45) is -0.960. The number of hydrogen-bond donors (Lipinski definition) is 0. The molecule has 3 rings (SSSR count). The van der Waals surface area contributed by atoms with Gasteiger partial charge in [0.15, 0.2) is 11.9 Å². The Morgan fingerprint density at radius 1 is 1.14 bits per heavy atom. The highest BCUT2D eigenvalue weighted by atomic mass is 35.5. The number of carbonyl (C=O) groups is 1. The molecule has 1 atom stereocenters. The second kappa shape index (κ2) is 8.07. The van der Waals surface area contributed by atoms with E-state index in [1.54, 1.807) is 37.3 Å². The largest absolute Gasteiger partial charge is 0.471 e. The molecule has 0 aliphatic heterocycles. The van der Waals surface area contributed by atoms with Crippen molar-refractivity contribution in [2.24, 2.45) is 0 Å². The lowest BCUT2D eigenvalue weighted by atomic mass is 10.0. The quantitative estimate of drug-likeness (QED) is 0.560. The van der Waals surface area contributed by atoms with Crippen LogP contribution in [0, 0.1) is 13.8 Å². The van der Waals surface area contributed by atoms with Crippen LogP contribution in [0.25, 0.3) is 22.3 Å². The zero-order valence-electron chi connectivity index (χ0n) is 16.2. The van der Waals surface area contributed by atoms with Crippen molar-refractivity contribution in [3.05, 3.63) is 62.8 Å². The molecule has 0 spiro atoms. The normalized spacial score (nSPS) is 12.0. The number of hydrogen-bond acceptors (Lipinski definition) is 5. The first kappa shape index (κ1) is 20.0. The Morgan fingerprint density at radius 3 is 2.43 bits per heavy atom. The van der Waals surface area contributed by atoms with Crippen LogP contribution in [0.5, 0.6) is 5.75 Å². The maximum absolute atomic E-state index is 13.2. The SMILES string of the molecule is CCOC(=O)[C@H](C)Oc1c(-c2ccc(Cl)cc2)oc2cc(C)c(C)cc2c1=O. The number of carbonyl (C=O) groups excluding carboxylic acids is 1. The molecule has 0 aliphatic carbocycles. The van der Waals surface area contributed by atoms with E-state index in [1.807, 2.05) is 19.9 Å². The van der Waals surface area contributed by atoms with Crippen LogP contribution in [-0.2, 0) is 9.53 Å². The van der Waals surface area contributed by atoms with Crippen LogP contribution in [-0.4, -0.2) is 18.7 Å². The molecule has 1 aromatic heterocycles. The van der Waals surface area contributed by atoms with E-state index in [4.69, 9.17) is 25.5 Å². The molecular weight excluding hydrogens is 380 g/mol. The summed E-state index contributed by atoms with van der Waals surface area (Å²) in [7, 11) is 0. The Balaban J connectivity index is 2.23. The van der Waals surface area contributed by atoms with E-state index in [1.165, 1.54) is 6.92 Å². The molecule has 0 N–H and O–H groups in total. The van der Waals surface area contributed by atoms with Crippen LogP contribution in [0.15, 0.2) is 45.6 Å². The van der Waals surface area contributed by atoms with Gasteiger partial charge in [-0.15, -0.1) is 0 Å². The molecule has 0 radical (unpaired) electrons. The number of benzene rings is 2. The first-order valence-corrected chi connectivity index (χ1v) is 9.37. The van der Waals surface area contributed by atoms with Gasteiger partial charge in [0.05, 0.1) is 12.0 Å². The number of rotatable bonds is 5. The summed E-state index contributed by atoms with van der Waals surface area (Å²) < 4.78 is 16.8. The second-order valence-corrected chi connectivity index (χ2v) is 6.98. The van der Waals surface area contributed by atoms with Crippen molar-refractivity contribution >= 4 is 28.5 Å². The Bertz CT molecular complexity index is 1080. The van der Waals surface area contributed by atoms with Gasteiger partial charge in [0, 0.05) is 10.6 Å². The van der Waals surface area contributed by atoms with E-state index in [-0.39, 0.29) is 23.5 Å². The number of ether oxygens (including phenoxy) is 2. The minimum absolute atomic E-state index is 0.0290. The highest BCUT2D eigenvalue weighted by Gasteiger charge is 2.24. The Morgan fingerprint density at radius 2 is 1.79 bits per heavy atom. The third kappa shape index (κ3) is 3.90. The molecule has 0 saturated carbocycles. The summed E-state index contributed by atoms with van der Waals surface area (Å²) in [4.78, 5) is 25.2. The zero-order valence-corrected chi connectivity index (χ0v) is 16.9. The molecule has 28 heavy (non-hydrogen) atoms. The smallest absolute Gasteiger partial charge is 0.347 e. The van der Waals surface area contributed by atoms with Gasteiger partial charge in [-0.1, -0.05) is 11.6 Å². The third-order valence-corrected chi connectivity index (χ3v) is 4.74. The van der Waals surface area contributed by atoms with Crippen LogP contribution in [0.1, 0.15) is 25.0 Å². The molecule has 0 aliphatic rings. The molecule has 0 bridgehead atoms. The maximum atomic E-state index is 13.2. The van der Waals surface area contributed by atoms with Crippen molar-refractivity contribution in [2.45, 2.75) is 33.8 Å². The summed E-state index contributed by atoms with van der Waals surface area (Å²) in [5, 5.41) is 0.951. The number of esters is 1. The predicted octanol–water partition coefficient (Wildman–Crippen LogP) is 5.06. The van der Waals surface area contributed by atoms with Gasteiger partial charge in [-0.05, 0) is 75.2 Å². The van der Waals surface area contributed by atoms with Gasteiger partial charge >= 0.3 is 5.97 Å². The van der Waals surface area contributed by atoms with Crippen molar-refractivity contribution < 1.29 is 18.7 Å². The lowest BCUT2D eigenvalue weighted by Crippen LogP contribution is -2.28. The topological polar surface area (TPSA) is 65.7 Å². The average Bonchev–Trinajstić information content (AvgIpc) is 2.66. The number of fused-ring (bicyclic) bond motifs is 1. The number of halogens is 1. The maximum Gasteiger partial charge on any atom is 0.347 e. The predicted molar refractivity (Wildman–Crippen MR) is 109 cm³/mol. The lowest BCUT2D eigenvalue weighted by molar-refractivity contribution is -0.150. The zero-order chi connectivity index (χ0) is 20.4. The van der Waals surface area contributed by atoms with Crippen molar-refractivity contribution in [1.82, 2.24) is 0 Å². The fourth-order valence-electron chi connectivity index (χ4n) is 2.82. The van der Waals surface area contributed by atoms with Gasteiger partial charge in [-0.25, -0.2) is 4.79 Å². The summed E-state index contributed by atoms with van der Waals surface area (Å²) in [6, 6.07) is 10.4. The van der Waals surface area contributed by atoms with E-state index in [9.17, 15) is 9.59 Å². The van der Waals surface area contributed by atoms with E-state index in [0.29, 0.717) is 21.6 Å². The van der Waals surface area contributed by atoms with Crippen LogP contribution < -0.4 is 10.2 Å². The molecular formula is C22H21ClO5. The second-order valence-electron chi connectivity index (χ2n) is 6.54. The van der Waals surface area contributed by atoms with Crippen LogP contribution >= 0.6 is 11.6 Å². The first-order valence-electron chi connectivity index (χ1n) is 8.99. The Labute approximate surface area is 167 Å².